The fourth-order valence-corrected chi connectivity index (χ4v) is 2.55. The quantitative estimate of drug-likeness (QED) is 0.534. The molecule has 0 unspecified atom stereocenters. The van der Waals surface area contributed by atoms with Crippen LogP contribution in [-0.2, 0) is 6.18 Å². The maximum Gasteiger partial charge on any atom is 0.416 e. The standard InChI is InChI=1S/C17H11BrF3N3O3/c18-11-7-12(22-8-11)15(25)23-24-16(26)14-5-4-13(27-14)9-2-1-3-10(6-9)17(19,20)21/h1-8,22H,(H,23,25)(H,24,26). The van der Waals surface area contributed by atoms with Crippen molar-refractivity contribution in [3.63, 3.8) is 0 Å². The van der Waals surface area contributed by atoms with Crippen molar-refractivity contribution < 1.29 is 27.2 Å². The summed E-state index contributed by atoms with van der Waals surface area (Å²) < 4.78 is 44.3. The minimum atomic E-state index is -4.49. The number of H-pyrrole nitrogens is 1. The molecule has 2 amide bonds. The molecule has 0 aliphatic heterocycles. The van der Waals surface area contributed by atoms with Crippen molar-refractivity contribution in [2.24, 2.45) is 0 Å². The number of hydrazine groups is 1. The number of aromatic amines is 1. The average Bonchev–Trinajstić information content (AvgIpc) is 3.28. The lowest BCUT2D eigenvalue weighted by Crippen LogP contribution is -2.41. The topological polar surface area (TPSA) is 87.1 Å². The number of carbonyl (C=O) groups excluding carboxylic acids is 2. The van der Waals surface area contributed by atoms with E-state index in [1.165, 1.54) is 30.3 Å². The number of nitrogens with one attached hydrogen (secondary N) is 3. The molecular weight excluding hydrogens is 431 g/mol. The highest BCUT2D eigenvalue weighted by Gasteiger charge is 2.30. The van der Waals surface area contributed by atoms with Gasteiger partial charge in [0.25, 0.3) is 5.91 Å². The van der Waals surface area contributed by atoms with Crippen LogP contribution < -0.4 is 10.9 Å². The van der Waals surface area contributed by atoms with E-state index >= 15 is 0 Å². The van der Waals surface area contributed by atoms with Crippen molar-refractivity contribution >= 4 is 27.7 Å². The molecule has 0 aliphatic rings. The molecule has 0 bridgehead atoms. The van der Waals surface area contributed by atoms with E-state index in [4.69, 9.17) is 4.42 Å². The van der Waals surface area contributed by atoms with Gasteiger partial charge in [0, 0.05) is 16.2 Å². The number of furan rings is 1. The Morgan fingerprint density at radius 3 is 2.44 bits per heavy atom. The van der Waals surface area contributed by atoms with E-state index in [1.807, 2.05) is 0 Å². The van der Waals surface area contributed by atoms with E-state index in [1.54, 1.807) is 6.20 Å². The maximum absolute atomic E-state index is 12.8. The predicted molar refractivity (Wildman–Crippen MR) is 92.6 cm³/mol. The van der Waals surface area contributed by atoms with Gasteiger partial charge in [-0.05, 0) is 46.3 Å². The molecule has 2 aromatic heterocycles. The van der Waals surface area contributed by atoms with Crippen molar-refractivity contribution in [3.8, 4) is 11.3 Å². The number of benzene rings is 1. The number of hydrogen-bond acceptors (Lipinski definition) is 3. The number of halogens is 4. The molecule has 0 fully saturated rings. The van der Waals surface area contributed by atoms with Gasteiger partial charge < -0.3 is 9.40 Å². The molecule has 0 saturated carbocycles. The lowest BCUT2D eigenvalue weighted by molar-refractivity contribution is -0.137. The third-order valence-electron chi connectivity index (χ3n) is 3.49. The Balaban J connectivity index is 1.68. The maximum atomic E-state index is 12.8. The monoisotopic (exact) mass is 441 g/mol. The smallest absolute Gasteiger partial charge is 0.416 e. The van der Waals surface area contributed by atoms with Gasteiger partial charge in [0.1, 0.15) is 11.5 Å². The minimum absolute atomic E-state index is 0.0888. The van der Waals surface area contributed by atoms with Crippen molar-refractivity contribution in [1.82, 2.24) is 15.8 Å². The zero-order valence-corrected chi connectivity index (χ0v) is 14.9. The van der Waals surface area contributed by atoms with Gasteiger partial charge in [0.15, 0.2) is 5.76 Å². The van der Waals surface area contributed by atoms with Crippen LogP contribution in [0.4, 0.5) is 13.2 Å². The van der Waals surface area contributed by atoms with Gasteiger partial charge in [0.05, 0.1) is 5.56 Å². The van der Waals surface area contributed by atoms with Crippen LogP contribution in [0.15, 0.2) is 57.6 Å². The normalized spacial score (nSPS) is 11.3. The highest BCUT2D eigenvalue weighted by atomic mass is 79.9. The van der Waals surface area contributed by atoms with Gasteiger partial charge in [-0.2, -0.15) is 13.2 Å². The summed E-state index contributed by atoms with van der Waals surface area (Å²) in [5.41, 5.74) is 3.91. The lowest BCUT2D eigenvalue weighted by Gasteiger charge is -2.07. The Morgan fingerprint density at radius 1 is 1.04 bits per heavy atom. The van der Waals surface area contributed by atoms with E-state index in [9.17, 15) is 22.8 Å². The van der Waals surface area contributed by atoms with E-state index in [0.717, 1.165) is 12.1 Å². The zero-order chi connectivity index (χ0) is 19.6. The fourth-order valence-electron chi connectivity index (χ4n) is 2.21. The molecule has 2 heterocycles. The number of amides is 2. The number of rotatable bonds is 3. The molecule has 3 rings (SSSR count). The lowest BCUT2D eigenvalue weighted by atomic mass is 10.1. The second kappa shape index (κ2) is 7.31. The van der Waals surface area contributed by atoms with Crippen LogP contribution in [0.3, 0.4) is 0 Å². The molecule has 3 N–H and O–H groups in total. The molecule has 10 heteroatoms. The molecule has 0 aliphatic carbocycles. The zero-order valence-electron chi connectivity index (χ0n) is 13.4. The van der Waals surface area contributed by atoms with Crippen LogP contribution in [0.25, 0.3) is 11.3 Å². The largest absolute Gasteiger partial charge is 0.451 e. The van der Waals surface area contributed by atoms with Gasteiger partial charge in [-0.3, -0.25) is 20.4 Å². The van der Waals surface area contributed by atoms with Crippen LogP contribution in [0.2, 0.25) is 0 Å². The Labute approximate surface area is 158 Å². The van der Waals surface area contributed by atoms with Crippen LogP contribution in [0.1, 0.15) is 26.6 Å². The molecule has 0 atom stereocenters. The third kappa shape index (κ3) is 4.40. The first-order valence-electron chi connectivity index (χ1n) is 7.46. The molecular formula is C17H11BrF3N3O3. The van der Waals surface area contributed by atoms with Crippen LogP contribution in [0.5, 0.6) is 0 Å². The molecule has 0 spiro atoms. The van der Waals surface area contributed by atoms with Crippen LogP contribution in [-0.4, -0.2) is 16.8 Å². The molecule has 0 saturated heterocycles. The summed E-state index contributed by atoms with van der Waals surface area (Å²) in [5, 5.41) is 0. The third-order valence-corrected chi connectivity index (χ3v) is 3.94. The van der Waals surface area contributed by atoms with Crippen molar-refractivity contribution in [2.75, 3.05) is 0 Å². The highest BCUT2D eigenvalue weighted by molar-refractivity contribution is 9.10. The van der Waals surface area contributed by atoms with Crippen molar-refractivity contribution in [2.45, 2.75) is 6.18 Å². The molecule has 0 radical (unpaired) electrons. The number of hydrogen-bond donors (Lipinski definition) is 3. The molecule has 27 heavy (non-hydrogen) atoms. The molecule has 140 valence electrons. The van der Waals surface area contributed by atoms with Gasteiger partial charge in [-0.15, -0.1) is 0 Å². The summed E-state index contributed by atoms with van der Waals surface area (Å²) in [4.78, 5) is 26.6. The van der Waals surface area contributed by atoms with Gasteiger partial charge in [0.2, 0.25) is 0 Å². The molecule has 6 nitrogen and oxygen atoms in total. The molecule has 1 aromatic carbocycles. The Kier molecular flexibility index (Phi) is 5.08. The highest BCUT2D eigenvalue weighted by Crippen LogP contribution is 2.32. The summed E-state index contributed by atoms with van der Waals surface area (Å²) in [6.07, 6.45) is -2.94. The van der Waals surface area contributed by atoms with Gasteiger partial charge in [-0.1, -0.05) is 12.1 Å². The van der Waals surface area contributed by atoms with Crippen molar-refractivity contribution in [3.05, 3.63) is 70.2 Å². The summed E-state index contributed by atoms with van der Waals surface area (Å²) >= 11 is 3.18. The van der Waals surface area contributed by atoms with E-state index in [2.05, 4.69) is 31.8 Å². The van der Waals surface area contributed by atoms with Crippen LogP contribution in [0, 0.1) is 0 Å². The number of alkyl halides is 3. The molecule has 3 aromatic rings. The first-order valence-corrected chi connectivity index (χ1v) is 8.25. The predicted octanol–water partition coefficient (Wildman–Crippen LogP) is 4.13. The van der Waals surface area contributed by atoms with Gasteiger partial charge >= 0.3 is 12.1 Å². The average molecular weight is 442 g/mol. The first kappa shape index (κ1) is 18.8. The van der Waals surface area contributed by atoms with E-state index < -0.39 is 23.6 Å². The second-order valence-electron chi connectivity index (χ2n) is 5.38. The van der Waals surface area contributed by atoms with E-state index in [-0.39, 0.29) is 22.8 Å². The first-order chi connectivity index (χ1) is 12.7. The Morgan fingerprint density at radius 2 is 1.78 bits per heavy atom. The van der Waals surface area contributed by atoms with Gasteiger partial charge in [-0.25, -0.2) is 0 Å². The SMILES string of the molecule is O=C(NNC(=O)c1ccc(-c2cccc(C(F)(F)F)c2)o1)c1cc(Br)c[nH]1. The summed E-state index contributed by atoms with van der Waals surface area (Å²) in [6.45, 7) is 0. The summed E-state index contributed by atoms with van der Waals surface area (Å²) in [7, 11) is 0. The Hall–Kier alpha value is -3.01. The van der Waals surface area contributed by atoms with Crippen molar-refractivity contribution in [1.29, 1.82) is 0 Å². The number of carbonyl (C=O) groups is 2. The Bertz CT molecular complexity index is 994. The minimum Gasteiger partial charge on any atom is -0.451 e. The fraction of sp³-hybridized carbons (Fsp3) is 0.0588. The van der Waals surface area contributed by atoms with E-state index in [0.29, 0.717) is 4.47 Å². The number of aromatic nitrogens is 1. The summed E-state index contributed by atoms with van der Waals surface area (Å²) in [5.74, 6) is -1.42. The van der Waals surface area contributed by atoms with Crippen LogP contribution >= 0.6 is 15.9 Å². The second-order valence-corrected chi connectivity index (χ2v) is 6.30. The summed E-state index contributed by atoms with van der Waals surface area (Å²) in [6, 6.07) is 8.71.